The lowest BCUT2D eigenvalue weighted by molar-refractivity contribution is -0.137. The molecule has 0 aliphatic carbocycles. The van der Waals surface area contributed by atoms with E-state index in [4.69, 9.17) is 0 Å². The molecule has 8 heteroatoms. The second kappa shape index (κ2) is 10.8. The minimum Gasteiger partial charge on any atom is -0.352 e. The van der Waals surface area contributed by atoms with Crippen molar-refractivity contribution in [2.75, 3.05) is 31.2 Å². The molecule has 35 heavy (non-hydrogen) atoms. The SMILES string of the molecule is CCC(C)NC(=O)CN1CN(c2ccccc2)C2(CCN(C(=O)NCc3ccccc3)CC2)C1=O. The second-order valence-electron chi connectivity index (χ2n) is 9.45. The van der Waals surface area contributed by atoms with Gasteiger partial charge >= 0.3 is 6.03 Å². The lowest BCUT2D eigenvalue weighted by Gasteiger charge is -2.43. The first-order valence-corrected chi connectivity index (χ1v) is 12.4. The Balaban J connectivity index is 1.45. The van der Waals surface area contributed by atoms with E-state index >= 15 is 0 Å². The molecule has 2 aromatic rings. The molecule has 2 aromatic carbocycles. The van der Waals surface area contributed by atoms with Gasteiger partial charge in [0.1, 0.15) is 12.1 Å². The van der Waals surface area contributed by atoms with Crippen molar-refractivity contribution in [3.63, 3.8) is 0 Å². The molecular formula is C27H35N5O3. The van der Waals surface area contributed by atoms with Gasteiger partial charge in [-0.3, -0.25) is 9.59 Å². The molecule has 0 aromatic heterocycles. The summed E-state index contributed by atoms with van der Waals surface area (Å²) in [6.45, 7) is 5.79. The van der Waals surface area contributed by atoms with Crippen LogP contribution in [0.25, 0.3) is 0 Å². The lowest BCUT2D eigenvalue weighted by atomic mass is 9.85. The molecule has 8 nitrogen and oxygen atoms in total. The van der Waals surface area contributed by atoms with Crippen LogP contribution in [0.3, 0.4) is 0 Å². The Kier molecular flexibility index (Phi) is 7.58. The third kappa shape index (κ3) is 5.42. The number of carbonyl (C=O) groups is 3. The number of benzene rings is 2. The summed E-state index contributed by atoms with van der Waals surface area (Å²) in [6, 6.07) is 19.6. The Bertz CT molecular complexity index is 1020. The van der Waals surface area contributed by atoms with Crippen LogP contribution in [0, 0.1) is 0 Å². The van der Waals surface area contributed by atoms with E-state index in [1.54, 1.807) is 9.80 Å². The number of anilines is 1. The molecule has 2 saturated heterocycles. The number of para-hydroxylation sites is 1. The van der Waals surface area contributed by atoms with E-state index in [1.165, 1.54) is 0 Å². The van der Waals surface area contributed by atoms with Crippen molar-refractivity contribution in [1.29, 1.82) is 0 Å². The van der Waals surface area contributed by atoms with E-state index in [0.717, 1.165) is 17.7 Å². The predicted molar refractivity (Wildman–Crippen MR) is 136 cm³/mol. The van der Waals surface area contributed by atoms with Gasteiger partial charge in [0.15, 0.2) is 0 Å². The number of piperidine rings is 1. The molecule has 4 rings (SSSR count). The van der Waals surface area contributed by atoms with Gasteiger partial charge in [-0.05, 0) is 43.9 Å². The molecular weight excluding hydrogens is 442 g/mol. The van der Waals surface area contributed by atoms with Gasteiger partial charge in [-0.2, -0.15) is 0 Å². The van der Waals surface area contributed by atoms with Gasteiger partial charge in [-0.25, -0.2) is 4.79 Å². The minimum atomic E-state index is -0.756. The molecule has 0 bridgehead atoms. The average Bonchev–Trinajstić information content (AvgIpc) is 3.14. The number of nitrogens with one attached hydrogen (secondary N) is 2. The van der Waals surface area contributed by atoms with Gasteiger partial charge in [-0.1, -0.05) is 55.5 Å². The van der Waals surface area contributed by atoms with Crippen LogP contribution in [-0.4, -0.2) is 65.5 Å². The highest BCUT2D eigenvalue weighted by molar-refractivity contribution is 5.96. The Labute approximate surface area is 207 Å². The van der Waals surface area contributed by atoms with E-state index in [0.29, 0.717) is 39.1 Å². The quantitative estimate of drug-likeness (QED) is 0.642. The van der Waals surface area contributed by atoms with Crippen molar-refractivity contribution >= 4 is 23.5 Å². The molecule has 0 saturated carbocycles. The number of amides is 4. The van der Waals surface area contributed by atoms with Crippen LogP contribution in [0.2, 0.25) is 0 Å². The largest absolute Gasteiger partial charge is 0.352 e. The van der Waals surface area contributed by atoms with Crippen molar-refractivity contribution in [2.45, 2.75) is 51.2 Å². The van der Waals surface area contributed by atoms with Gasteiger partial charge < -0.3 is 25.3 Å². The summed E-state index contributed by atoms with van der Waals surface area (Å²) in [5.74, 6) is -0.180. The summed E-state index contributed by atoms with van der Waals surface area (Å²) in [5.41, 5.74) is 1.24. The molecule has 1 atom stereocenters. The third-order valence-corrected chi connectivity index (χ3v) is 7.10. The summed E-state index contributed by atoms with van der Waals surface area (Å²) in [7, 11) is 0. The van der Waals surface area contributed by atoms with Gasteiger partial charge in [0.2, 0.25) is 5.91 Å². The van der Waals surface area contributed by atoms with E-state index in [1.807, 2.05) is 74.5 Å². The number of nitrogens with zero attached hydrogens (tertiary/aromatic N) is 3. The van der Waals surface area contributed by atoms with Gasteiger partial charge in [0, 0.05) is 31.4 Å². The zero-order valence-corrected chi connectivity index (χ0v) is 20.6. The number of hydrogen-bond acceptors (Lipinski definition) is 4. The van der Waals surface area contributed by atoms with Gasteiger partial charge in [0.25, 0.3) is 5.91 Å². The maximum atomic E-state index is 13.7. The maximum absolute atomic E-state index is 13.7. The molecule has 4 amide bonds. The monoisotopic (exact) mass is 477 g/mol. The van der Waals surface area contributed by atoms with E-state index in [9.17, 15) is 14.4 Å². The summed E-state index contributed by atoms with van der Waals surface area (Å²) >= 11 is 0. The fraction of sp³-hybridized carbons (Fsp3) is 0.444. The van der Waals surface area contributed by atoms with Crippen molar-refractivity contribution in [3.8, 4) is 0 Å². The van der Waals surface area contributed by atoms with E-state index < -0.39 is 5.54 Å². The number of rotatable bonds is 7. The first-order chi connectivity index (χ1) is 16.9. The molecule has 2 aliphatic rings. The topological polar surface area (TPSA) is 85.0 Å². The minimum absolute atomic E-state index is 0.0370. The summed E-state index contributed by atoms with van der Waals surface area (Å²) in [4.78, 5) is 44.7. The van der Waals surface area contributed by atoms with E-state index in [-0.39, 0.29) is 30.4 Å². The smallest absolute Gasteiger partial charge is 0.317 e. The Morgan fingerprint density at radius 3 is 2.26 bits per heavy atom. The first kappa shape index (κ1) is 24.6. The second-order valence-corrected chi connectivity index (χ2v) is 9.45. The Hall–Kier alpha value is -3.55. The fourth-order valence-corrected chi connectivity index (χ4v) is 4.88. The Morgan fingerprint density at radius 2 is 1.63 bits per heavy atom. The van der Waals surface area contributed by atoms with Crippen molar-refractivity contribution in [3.05, 3.63) is 66.2 Å². The first-order valence-electron chi connectivity index (χ1n) is 12.4. The van der Waals surface area contributed by atoms with Crippen LogP contribution < -0.4 is 15.5 Å². The van der Waals surface area contributed by atoms with Crippen molar-refractivity contribution < 1.29 is 14.4 Å². The van der Waals surface area contributed by atoms with Crippen LogP contribution in [0.1, 0.15) is 38.7 Å². The molecule has 2 aliphatic heterocycles. The zero-order chi connectivity index (χ0) is 24.8. The van der Waals surface area contributed by atoms with Crippen LogP contribution >= 0.6 is 0 Å². The van der Waals surface area contributed by atoms with Crippen LogP contribution in [-0.2, 0) is 16.1 Å². The molecule has 2 heterocycles. The molecule has 2 fully saturated rings. The number of carbonyl (C=O) groups excluding carboxylic acids is 3. The molecule has 1 unspecified atom stereocenters. The number of likely N-dealkylation sites (tertiary alicyclic amines) is 1. The van der Waals surface area contributed by atoms with Crippen LogP contribution in [0.4, 0.5) is 10.5 Å². The zero-order valence-electron chi connectivity index (χ0n) is 20.6. The molecule has 2 N–H and O–H groups in total. The lowest BCUT2D eigenvalue weighted by Crippen LogP contribution is -2.58. The highest BCUT2D eigenvalue weighted by Crippen LogP contribution is 2.39. The van der Waals surface area contributed by atoms with Gasteiger partial charge in [0.05, 0.1) is 6.67 Å². The maximum Gasteiger partial charge on any atom is 0.317 e. The summed E-state index contributed by atoms with van der Waals surface area (Å²) in [5, 5.41) is 5.95. The highest BCUT2D eigenvalue weighted by atomic mass is 16.2. The molecule has 0 radical (unpaired) electrons. The van der Waals surface area contributed by atoms with Gasteiger partial charge in [-0.15, -0.1) is 0 Å². The van der Waals surface area contributed by atoms with Crippen LogP contribution in [0.5, 0.6) is 0 Å². The molecule has 1 spiro atoms. The predicted octanol–water partition coefficient (Wildman–Crippen LogP) is 2.95. The number of urea groups is 1. The summed E-state index contributed by atoms with van der Waals surface area (Å²) < 4.78 is 0. The van der Waals surface area contributed by atoms with E-state index in [2.05, 4.69) is 15.5 Å². The highest BCUT2D eigenvalue weighted by Gasteiger charge is 2.54. The Morgan fingerprint density at radius 1 is 1.00 bits per heavy atom. The van der Waals surface area contributed by atoms with Crippen LogP contribution in [0.15, 0.2) is 60.7 Å². The van der Waals surface area contributed by atoms with Crippen molar-refractivity contribution in [1.82, 2.24) is 20.4 Å². The number of hydrogen-bond donors (Lipinski definition) is 2. The normalized spacial score (nSPS) is 18.0. The summed E-state index contributed by atoms with van der Waals surface area (Å²) in [6.07, 6.45) is 1.87. The molecule has 186 valence electrons. The fourth-order valence-electron chi connectivity index (χ4n) is 4.88. The standard InChI is InChI=1S/C27H35N5O3/c1-3-21(2)29-24(33)19-31-20-32(23-12-8-5-9-13-23)27(25(31)34)14-16-30(17-15-27)26(35)28-18-22-10-6-4-7-11-22/h4-13,21H,3,14-20H2,1-2H3,(H,28,35)(H,29,33). The van der Waals surface area contributed by atoms with Crippen molar-refractivity contribution in [2.24, 2.45) is 0 Å². The third-order valence-electron chi connectivity index (χ3n) is 7.10. The average molecular weight is 478 g/mol.